The van der Waals surface area contributed by atoms with Crippen LogP contribution in [0.2, 0.25) is 0 Å². The van der Waals surface area contributed by atoms with Crippen molar-refractivity contribution in [3.8, 4) is 11.3 Å². The van der Waals surface area contributed by atoms with Crippen LogP contribution in [0.25, 0.3) is 27.7 Å². The molecular formula is C52H72N8O7S. The molecule has 7 heterocycles. The number of hydrazine groups is 1. The first-order chi connectivity index (χ1) is 32.7. The number of ether oxygens (including phenoxy) is 3. The minimum atomic E-state index is -0.934. The molecule has 16 heteroatoms. The highest BCUT2D eigenvalue weighted by Gasteiger charge is 2.51. The lowest BCUT2D eigenvalue weighted by Crippen LogP contribution is -2.62. The Bertz CT molecular complexity index is 2450. The van der Waals surface area contributed by atoms with Gasteiger partial charge in [-0.3, -0.25) is 29.1 Å². The summed E-state index contributed by atoms with van der Waals surface area (Å²) in [4.78, 5) is 66.4. The lowest BCUT2D eigenvalue weighted by atomic mass is 9.84. The van der Waals surface area contributed by atoms with Crippen molar-refractivity contribution in [2.75, 3.05) is 53.0 Å². The Kier molecular flexibility index (Phi) is 14.2. The number of thiazole rings is 1. The van der Waals surface area contributed by atoms with E-state index in [-0.39, 0.29) is 54.3 Å². The molecule has 0 unspecified atom stereocenters. The molecule has 6 aliphatic rings. The van der Waals surface area contributed by atoms with Gasteiger partial charge in [0.2, 0.25) is 5.91 Å². The summed E-state index contributed by atoms with van der Waals surface area (Å²) in [5.41, 5.74) is 16.1. The number of allylic oxidation sites excluding steroid dienone is 3. The van der Waals surface area contributed by atoms with Crippen LogP contribution in [0.5, 0.6) is 0 Å². The molecule has 6 bridgehead atoms. The zero-order valence-electron chi connectivity index (χ0n) is 40.9. The molecule has 2 aromatic heterocycles. The molecule has 3 amide bonds. The van der Waals surface area contributed by atoms with E-state index in [0.717, 1.165) is 102 Å². The summed E-state index contributed by atoms with van der Waals surface area (Å²) in [6.07, 6.45) is 12.2. The van der Waals surface area contributed by atoms with E-state index >= 15 is 4.79 Å². The van der Waals surface area contributed by atoms with Gasteiger partial charge in [0.1, 0.15) is 12.1 Å². The standard InChI is InChI=1S/C52H72N8O7S/c1-7-9-15-35(44(53)32(3)65-6)46-37-26-51(4,5)31-67-50(64)38-16-12-21-60(56-38)48(62)39(25-43-54-40(28-68-43)34-17-18-41(36(37)24-34)59(46)8-2)55-47(61)45(33-13-10-11-14-33)57-22-19-52(29-57)20-23-58(30-52)49(63)42-27-66-42/h9,15,17-18,24,28,32-33,38-39,42,45,56H,7-8,10-14,16,19-23,25-27,29-31,53H2,1-6H3,(H,55,61)/b15-9-,44-35+/t32-,38-,39-,42+,45-,52-/m0/s1. The molecule has 5 aliphatic heterocycles. The molecule has 1 spiro atoms. The number of carbonyl (C=O) groups excluding carboxylic acids is 4. The van der Waals surface area contributed by atoms with Gasteiger partial charge in [-0.25, -0.2) is 10.4 Å². The Hall–Kier alpha value is -4.61. The Labute approximate surface area is 405 Å². The van der Waals surface area contributed by atoms with Gasteiger partial charge in [0.05, 0.1) is 41.8 Å². The summed E-state index contributed by atoms with van der Waals surface area (Å²) < 4.78 is 19.6. The van der Waals surface area contributed by atoms with Crippen molar-refractivity contribution in [1.82, 2.24) is 35.1 Å². The number of methoxy groups -OCH3 is 1. The van der Waals surface area contributed by atoms with E-state index < -0.39 is 29.5 Å². The number of benzene rings is 1. The van der Waals surface area contributed by atoms with Crippen molar-refractivity contribution in [2.45, 2.75) is 142 Å². The smallest absolute Gasteiger partial charge is 0.324 e. The first kappa shape index (κ1) is 48.4. The lowest BCUT2D eigenvalue weighted by Gasteiger charge is -2.37. The molecule has 1 saturated carbocycles. The number of rotatable bonds is 11. The van der Waals surface area contributed by atoms with Crippen LogP contribution in [0.1, 0.15) is 109 Å². The van der Waals surface area contributed by atoms with Gasteiger partial charge in [0.25, 0.3) is 11.8 Å². The van der Waals surface area contributed by atoms with Crippen molar-refractivity contribution in [3.63, 3.8) is 0 Å². The first-order valence-corrected chi connectivity index (χ1v) is 26.1. The average Bonchev–Trinajstić information content (AvgIpc) is 3.79. The molecular weight excluding hydrogens is 881 g/mol. The Morgan fingerprint density at radius 3 is 2.60 bits per heavy atom. The Balaban J connectivity index is 1.07. The number of nitrogens with zero attached hydrogens (tertiary/aromatic N) is 5. The maximum absolute atomic E-state index is 15.0. The molecule has 9 rings (SSSR count). The summed E-state index contributed by atoms with van der Waals surface area (Å²) in [5, 5.41) is 8.66. The lowest BCUT2D eigenvalue weighted by molar-refractivity contribution is -0.155. The maximum atomic E-state index is 15.0. The fraction of sp³-hybridized carbons (Fsp3) is 0.635. The summed E-state index contributed by atoms with van der Waals surface area (Å²) in [5.74, 6) is -0.603. The van der Waals surface area contributed by atoms with Crippen molar-refractivity contribution in [2.24, 2.45) is 22.5 Å². The molecule has 368 valence electrons. The molecule has 1 aliphatic carbocycles. The second kappa shape index (κ2) is 20.0. The molecule has 5 fully saturated rings. The van der Waals surface area contributed by atoms with Crippen molar-refractivity contribution >= 4 is 51.5 Å². The number of amides is 3. The van der Waals surface area contributed by atoms with Gasteiger partial charge in [0.15, 0.2) is 6.10 Å². The molecule has 4 saturated heterocycles. The summed E-state index contributed by atoms with van der Waals surface area (Å²) >= 11 is 1.48. The predicted molar refractivity (Wildman–Crippen MR) is 263 cm³/mol. The van der Waals surface area contributed by atoms with Crippen LogP contribution in [-0.2, 0) is 52.8 Å². The molecule has 0 radical (unpaired) electrons. The number of nitrogens with two attached hydrogens (primary N) is 1. The van der Waals surface area contributed by atoms with E-state index in [1.807, 2.05) is 17.2 Å². The van der Waals surface area contributed by atoms with Crippen LogP contribution in [0, 0.1) is 16.7 Å². The number of carbonyl (C=O) groups is 4. The van der Waals surface area contributed by atoms with Crippen LogP contribution < -0.4 is 16.5 Å². The topological polar surface area (TPSA) is 177 Å². The predicted octanol–water partition coefficient (Wildman–Crippen LogP) is 5.99. The molecule has 4 N–H and O–H groups in total. The summed E-state index contributed by atoms with van der Waals surface area (Å²) in [7, 11) is 1.67. The number of likely N-dealkylation sites (tertiary alicyclic amines) is 2. The minimum Gasteiger partial charge on any atom is -0.464 e. The largest absolute Gasteiger partial charge is 0.464 e. The van der Waals surface area contributed by atoms with Crippen LogP contribution >= 0.6 is 11.3 Å². The summed E-state index contributed by atoms with van der Waals surface area (Å²) in [6, 6.07) is 4.41. The first-order valence-electron chi connectivity index (χ1n) is 25.2. The highest BCUT2D eigenvalue weighted by molar-refractivity contribution is 7.10. The van der Waals surface area contributed by atoms with E-state index in [4.69, 9.17) is 24.9 Å². The number of esters is 1. The Morgan fingerprint density at radius 1 is 1.09 bits per heavy atom. The van der Waals surface area contributed by atoms with E-state index in [2.05, 4.69) is 78.3 Å². The van der Waals surface area contributed by atoms with Crippen LogP contribution in [0.4, 0.5) is 0 Å². The minimum absolute atomic E-state index is 0.0588. The summed E-state index contributed by atoms with van der Waals surface area (Å²) in [6.45, 7) is 15.1. The quantitative estimate of drug-likeness (QED) is 0.117. The van der Waals surface area contributed by atoms with Gasteiger partial charge in [-0.2, -0.15) is 0 Å². The SMILES string of the molecule is CC/C=C\C(=C(/N)[C@H](C)OC)c1c2c3cc(ccc3n1CC)-c1csc(n1)C[C@H](NC(=O)[C@H](C1CCCC1)N1CC[C@]3(CCN(C(=O)[C@H]4CO4)C3)C1)C(=O)N1CCC[C@H](N1)C(=O)OCC(C)(C)C2. The number of aromatic nitrogens is 2. The van der Waals surface area contributed by atoms with E-state index in [1.54, 1.807) is 7.11 Å². The van der Waals surface area contributed by atoms with Crippen molar-refractivity contribution in [1.29, 1.82) is 0 Å². The van der Waals surface area contributed by atoms with E-state index in [0.29, 0.717) is 57.7 Å². The highest BCUT2D eigenvalue weighted by Crippen LogP contribution is 2.44. The third-order valence-corrected chi connectivity index (χ3v) is 16.4. The Morgan fingerprint density at radius 2 is 1.87 bits per heavy atom. The van der Waals surface area contributed by atoms with Crippen LogP contribution in [-0.4, -0.2) is 131 Å². The number of fused-ring (bicyclic) bond motifs is 6. The van der Waals surface area contributed by atoms with Gasteiger partial charge in [-0.1, -0.05) is 51.8 Å². The van der Waals surface area contributed by atoms with Crippen molar-refractivity contribution in [3.05, 3.63) is 57.7 Å². The number of cyclic esters (lactones) is 1. The van der Waals surface area contributed by atoms with Crippen molar-refractivity contribution < 1.29 is 33.4 Å². The van der Waals surface area contributed by atoms with Crippen LogP contribution in [0.15, 0.2) is 41.4 Å². The monoisotopic (exact) mass is 953 g/mol. The number of hydrogen-bond donors (Lipinski definition) is 3. The molecule has 1 aromatic carbocycles. The fourth-order valence-electron chi connectivity index (χ4n) is 11.7. The average molecular weight is 953 g/mol. The van der Waals surface area contributed by atoms with Gasteiger partial charge in [-0.05, 0) is 95.4 Å². The highest BCUT2D eigenvalue weighted by atomic mass is 32.1. The number of hydrogen-bond acceptors (Lipinski definition) is 12. The zero-order chi connectivity index (χ0) is 47.9. The second-order valence-corrected chi connectivity index (χ2v) is 22.0. The van der Waals surface area contributed by atoms with Gasteiger partial charge in [-0.15, -0.1) is 11.3 Å². The number of nitrogens with one attached hydrogen (secondary N) is 2. The van der Waals surface area contributed by atoms with Crippen LogP contribution in [0.3, 0.4) is 0 Å². The normalized spacial score (nSPS) is 27.2. The van der Waals surface area contributed by atoms with E-state index in [9.17, 15) is 14.4 Å². The molecule has 3 aromatic rings. The van der Waals surface area contributed by atoms with E-state index in [1.165, 1.54) is 16.3 Å². The molecule has 68 heavy (non-hydrogen) atoms. The molecule has 6 atom stereocenters. The van der Waals surface area contributed by atoms with Gasteiger partial charge in [0, 0.05) is 90.2 Å². The third kappa shape index (κ3) is 9.90. The number of aryl methyl sites for hydroxylation is 1. The third-order valence-electron chi connectivity index (χ3n) is 15.5. The van der Waals surface area contributed by atoms with Gasteiger partial charge >= 0.3 is 5.97 Å². The second-order valence-electron chi connectivity index (χ2n) is 21.1. The zero-order valence-corrected chi connectivity index (χ0v) is 41.8. The number of epoxide rings is 1. The van der Waals surface area contributed by atoms with Gasteiger partial charge < -0.3 is 34.7 Å². The fourth-order valence-corrected chi connectivity index (χ4v) is 12.5. The maximum Gasteiger partial charge on any atom is 0.324 e. The molecule has 15 nitrogen and oxygen atoms in total.